The molecule has 1 aliphatic heterocycles. The number of piperidine rings is 1. The lowest BCUT2D eigenvalue weighted by molar-refractivity contribution is 0.247. The van der Waals surface area contributed by atoms with Gasteiger partial charge in [-0.25, -0.2) is 8.42 Å². The predicted molar refractivity (Wildman–Crippen MR) is 70.9 cm³/mol. The summed E-state index contributed by atoms with van der Waals surface area (Å²) in [5.74, 6) is 0. The molecule has 1 atom stereocenters. The molecule has 1 aromatic rings. The van der Waals surface area contributed by atoms with Gasteiger partial charge in [0.05, 0.1) is 0 Å². The Morgan fingerprint density at radius 2 is 2.18 bits per heavy atom. The molecule has 2 rings (SSSR count). The molecule has 3 nitrogen and oxygen atoms in total. The molecule has 1 aliphatic rings. The van der Waals surface area contributed by atoms with E-state index in [4.69, 9.17) is 0 Å². The van der Waals surface area contributed by atoms with Crippen LogP contribution in [0.4, 0.5) is 0 Å². The molecule has 1 saturated heterocycles. The largest absolute Gasteiger partial charge is 0.252 e. The minimum atomic E-state index is -3.25. The van der Waals surface area contributed by atoms with Crippen molar-refractivity contribution in [3.8, 4) is 0 Å². The molecule has 0 saturated carbocycles. The molecule has 1 aromatic heterocycles. The third-order valence-electron chi connectivity index (χ3n) is 3.32. The number of thiophene rings is 1. The van der Waals surface area contributed by atoms with Gasteiger partial charge in [-0.3, -0.25) is 0 Å². The summed E-state index contributed by atoms with van der Waals surface area (Å²) in [6, 6.07) is 3.80. The maximum absolute atomic E-state index is 12.5. The Bertz CT molecular complexity index is 478. The zero-order valence-electron chi connectivity index (χ0n) is 10.3. The van der Waals surface area contributed by atoms with Gasteiger partial charge in [-0.2, -0.15) is 4.31 Å². The van der Waals surface area contributed by atoms with E-state index >= 15 is 0 Å². The summed E-state index contributed by atoms with van der Waals surface area (Å²) in [7, 11) is -3.25. The third kappa shape index (κ3) is 2.56. The van der Waals surface area contributed by atoms with Gasteiger partial charge in [0.25, 0.3) is 10.0 Å². The molecule has 0 amide bonds. The van der Waals surface area contributed by atoms with Crippen molar-refractivity contribution in [2.24, 2.45) is 0 Å². The molecule has 0 N–H and O–H groups in total. The van der Waals surface area contributed by atoms with Crippen LogP contribution in [-0.4, -0.2) is 25.3 Å². The average Bonchev–Trinajstić information content (AvgIpc) is 2.76. The normalized spacial score (nSPS) is 22.8. The van der Waals surface area contributed by atoms with Gasteiger partial charge in [0.15, 0.2) is 0 Å². The van der Waals surface area contributed by atoms with Gasteiger partial charge in [-0.1, -0.05) is 13.3 Å². The van der Waals surface area contributed by atoms with Crippen molar-refractivity contribution in [2.45, 2.75) is 49.8 Å². The SMILES string of the molecule is CCC1CCCCN1S(=O)(=O)c1ccc(C)s1. The van der Waals surface area contributed by atoms with Crippen LogP contribution in [0.1, 0.15) is 37.5 Å². The van der Waals surface area contributed by atoms with Crippen LogP contribution in [-0.2, 0) is 10.0 Å². The van der Waals surface area contributed by atoms with Crippen LogP contribution < -0.4 is 0 Å². The molecule has 0 aliphatic carbocycles. The molecular formula is C12H19NO2S2. The average molecular weight is 273 g/mol. The van der Waals surface area contributed by atoms with Crippen molar-refractivity contribution >= 4 is 21.4 Å². The van der Waals surface area contributed by atoms with E-state index < -0.39 is 10.0 Å². The fourth-order valence-electron chi connectivity index (χ4n) is 2.36. The van der Waals surface area contributed by atoms with Crippen LogP contribution >= 0.6 is 11.3 Å². The zero-order valence-corrected chi connectivity index (χ0v) is 12.0. The fraction of sp³-hybridized carbons (Fsp3) is 0.667. The summed E-state index contributed by atoms with van der Waals surface area (Å²) in [6.07, 6.45) is 4.04. The lowest BCUT2D eigenvalue weighted by atomic mass is 10.0. The summed E-state index contributed by atoms with van der Waals surface area (Å²) in [5, 5.41) is 0. The number of hydrogen-bond donors (Lipinski definition) is 0. The first kappa shape index (κ1) is 13.1. The van der Waals surface area contributed by atoms with E-state index in [-0.39, 0.29) is 6.04 Å². The quantitative estimate of drug-likeness (QED) is 0.849. The van der Waals surface area contributed by atoms with E-state index in [1.54, 1.807) is 10.4 Å². The first-order valence-electron chi connectivity index (χ1n) is 6.14. The second-order valence-electron chi connectivity index (χ2n) is 4.54. The van der Waals surface area contributed by atoms with Crippen molar-refractivity contribution in [1.29, 1.82) is 0 Å². The van der Waals surface area contributed by atoms with Gasteiger partial charge in [0.1, 0.15) is 4.21 Å². The van der Waals surface area contributed by atoms with Crippen LogP contribution in [0.25, 0.3) is 0 Å². The first-order valence-corrected chi connectivity index (χ1v) is 8.39. The highest BCUT2D eigenvalue weighted by Gasteiger charge is 2.33. The Hall–Kier alpha value is -0.390. The molecule has 1 unspecified atom stereocenters. The molecule has 0 aromatic carbocycles. The van der Waals surface area contributed by atoms with Gasteiger partial charge in [0, 0.05) is 17.5 Å². The van der Waals surface area contributed by atoms with Crippen molar-refractivity contribution < 1.29 is 8.42 Å². The Morgan fingerprint density at radius 3 is 2.76 bits per heavy atom. The molecule has 5 heteroatoms. The standard InChI is InChI=1S/C12H19NO2S2/c1-3-11-6-4-5-9-13(11)17(14,15)12-8-7-10(2)16-12/h7-8,11H,3-6,9H2,1-2H3. The van der Waals surface area contributed by atoms with Gasteiger partial charge in [0.2, 0.25) is 0 Å². The summed E-state index contributed by atoms with van der Waals surface area (Å²) in [5.41, 5.74) is 0. The molecule has 0 radical (unpaired) electrons. The van der Waals surface area contributed by atoms with E-state index in [0.717, 1.165) is 30.6 Å². The summed E-state index contributed by atoms with van der Waals surface area (Å²) in [4.78, 5) is 1.05. The van der Waals surface area contributed by atoms with Crippen LogP contribution in [0.2, 0.25) is 0 Å². The van der Waals surface area contributed by atoms with E-state index in [1.165, 1.54) is 11.3 Å². The maximum atomic E-state index is 12.5. The molecule has 96 valence electrons. The zero-order chi connectivity index (χ0) is 12.5. The molecule has 1 fully saturated rings. The van der Waals surface area contributed by atoms with Crippen LogP contribution in [0.5, 0.6) is 0 Å². The monoisotopic (exact) mass is 273 g/mol. The van der Waals surface area contributed by atoms with Gasteiger partial charge >= 0.3 is 0 Å². The highest BCUT2D eigenvalue weighted by Crippen LogP contribution is 2.30. The maximum Gasteiger partial charge on any atom is 0.252 e. The summed E-state index contributed by atoms with van der Waals surface area (Å²) in [6.45, 7) is 4.69. The Labute approximate surface area is 108 Å². The van der Waals surface area contributed by atoms with Crippen molar-refractivity contribution in [1.82, 2.24) is 4.31 Å². The number of nitrogens with zero attached hydrogens (tertiary/aromatic N) is 1. The van der Waals surface area contributed by atoms with Crippen LogP contribution in [0.3, 0.4) is 0 Å². The van der Waals surface area contributed by atoms with Gasteiger partial charge < -0.3 is 0 Å². The van der Waals surface area contributed by atoms with E-state index in [1.807, 2.05) is 13.0 Å². The number of hydrogen-bond acceptors (Lipinski definition) is 3. The minimum absolute atomic E-state index is 0.191. The van der Waals surface area contributed by atoms with Crippen LogP contribution in [0, 0.1) is 6.92 Å². The summed E-state index contributed by atoms with van der Waals surface area (Å²) >= 11 is 1.37. The Balaban J connectivity index is 2.30. The molecular weight excluding hydrogens is 254 g/mol. The first-order chi connectivity index (χ1) is 8.05. The van der Waals surface area contributed by atoms with Crippen LogP contribution in [0.15, 0.2) is 16.3 Å². The molecule has 0 spiro atoms. The number of sulfonamides is 1. The second-order valence-corrected chi connectivity index (χ2v) is 7.94. The van der Waals surface area contributed by atoms with Gasteiger partial charge in [-0.15, -0.1) is 11.3 Å². The molecule has 17 heavy (non-hydrogen) atoms. The smallest absolute Gasteiger partial charge is 0.206 e. The number of rotatable bonds is 3. The van der Waals surface area contributed by atoms with Gasteiger partial charge in [-0.05, 0) is 38.3 Å². The van der Waals surface area contributed by atoms with E-state index in [2.05, 4.69) is 6.92 Å². The number of aryl methyl sites for hydroxylation is 1. The van der Waals surface area contributed by atoms with Crippen molar-refractivity contribution in [2.75, 3.05) is 6.54 Å². The lowest BCUT2D eigenvalue weighted by Crippen LogP contribution is -2.42. The minimum Gasteiger partial charge on any atom is -0.206 e. The lowest BCUT2D eigenvalue weighted by Gasteiger charge is -2.33. The highest BCUT2D eigenvalue weighted by atomic mass is 32.2. The Morgan fingerprint density at radius 1 is 1.41 bits per heavy atom. The van der Waals surface area contributed by atoms with Crippen molar-refractivity contribution in [3.63, 3.8) is 0 Å². The van der Waals surface area contributed by atoms with E-state index in [0.29, 0.717) is 10.8 Å². The topological polar surface area (TPSA) is 37.4 Å². The van der Waals surface area contributed by atoms with E-state index in [9.17, 15) is 8.42 Å². The second kappa shape index (κ2) is 5.08. The summed E-state index contributed by atoms with van der Waals surface area (Å²) < 4.78 is 27.2. The fourth-order valence-corrected chi connectivity index (χ4v) is 5.54. The molecule has 0 bridgehead atoms. The third-order valence-corrected chi connectivity index (χ3v) is 6.74. The predicted octanol–water partition coefficient (Wildman–Crippen LogP) is 3.01. The Kier molecular flexibility index (Phi) is 3.90. The van der Waals surface area contributed by atoms with Crippen molar-refractivity contribution in [3.05, 3.63) is 17.0 Å². The molecule has 2 heterocycles. The highest BCUT2D eigenvalue weighted by molar-refractivity contribution is 7.91.